The van der Waals surface area contributed by atoms with E-state index in [4.69, 9.17) is 0 Å². The maximum Gasteiger partial charge on any atom is 0.0837 e. The van der Waals surface area contributed by atoms with E-state index < -0.39 is 0 Å². The highest BCUT2D eigenvalue weighted by molar-refractivity contribution is 5.24. The number of hydrogen-bond acceptors (Lipinski definition) is 2. The van der Waals surface area contributed by atoms with Gasteiger partial charge in [-0.15, -0.1) is 0 Å². The van der Waals surface area contributed by atoms with Crippen LogP contribution in [0.2, 0.25) is 0 Å². The monoisotopic (exact) mass is 272 g/mol. The molecule has 0 aliphatic heterocycles. The standard InChI is InChI=1S/C18H28N2/c1-4-5-9-12-18(2,3)15-20-14-17(13-19)16-10-7-6-8-11-16/h6-8,10-11,17,20H,4-5,9,12,14-15H2,1-3H3. The van der Waals surface area contributed by atoms with Crippen LogP contribution in [-0.4, -0.2) is 13.1 Å². The number of nitrogens with one attached hydrogen (secondary N) is 1. The van der Waals surface area contributed by atoms with E-state index in [-0.39, 0.29) is 5.92 Å². The highest BCUT2D eigenvalue weighted by Gasteiger charge is 2.18. The number of nitrogens with zero attached hydrogens (tertiary/aromatic N) is 1. The van der Waals surface area contributed by atoms with Crippen LogP contribution in [0, 0.1) is 16.7 Å². The third-order valence-corrected chi connectivity index (χ3v) is 3.77. The second-order valence-electron chi connectivity index (χ2n) is 6.34. The molecule has 1 rings (SSSR count). The molecule has 0 saturated heterocycles. The maximum atomic E-state index is 9.29. The molecular weight excluding hydrogens is 244 g/mol. The molecule has 0 aliphatic rings. The van der Waals surface area contributed by atoms with Crippen molar-refractivity contribution in [2.24, 2.45) is 5.41 Å². The van der Waals surface area contributed by atoms with Crippen LogP contribution in [0.4, 0.5) is 0 Å². The number of benzene rings is 1. The Hall–Kier alpha value is -1.33. The molecule has 1 atom stereocenters. The zero-order valence-corrected chi connectivity index (χ0v) is 13.2. The summed E-state index contributed by atoms with van der Waals surface area (Å²) in [4.78, 5) is 0. The van der Waals surface area contributed by atoms with Crippen LogP contribution in [0.5, 0.6) is 0 Å². The van der Waals surface area contributed by atoms with Gasteiger partial charge < -0.3 is 5.32 Å². The van der Waals surface area contributed by atoms with Gasteiger partial charge in [0.15, 0.2) is 0 Å². The SMILES string of the molecule is CCCCCC(C)(C)CNCC(C#N)c1ccccc1. The second kappa shape index (κ2) is 8.76. The summed E-state index contributed by atoms with van der Waals surface area (Å²) in [5.74, 6) is -0.0531. The summed E-state index contributed by atoms with van der Waals surface area (Å²) in [5.41, 5.74) is 1.41. The molecular formula is C18H28N2. The Bertz CT molecular complexity index is 403. The van der Waals surface area contributed by atoms with Crippen molar-refractivity contribution in [3.05, 3.63) is 35.9 Å². The van der Waals surface area contributed by atoms with Gasteiger partial charge in [0.25, 0.3) is 0 Å². The Balaban J connectivity index is 2.37. The van der Waals surface area contributed by atoms with Crippen LogP contribution in [0.3, 0.4) is 0 Å². The largest absolute Gasteiger partial charge is 0.315 e. The lowest BCUT2D eigenvalue weighted by Gasteiger charge is -2.25. The zero-order chi connectivity index (χ0) is 14.8. The smallest absolute Gasteiger partial charge is 0.0837 e. The first-order valence-corrected chi connectivity index (χ1v) is 7.74. The zero-order valence-electron chi connectivity index (χ0n) is 13.2. The molecule has 0 radical (unpaired) electrons. The topological polar surface area (TPSA) is 35.8 Å². The predicted octanol–water partition coefficient (Wildman–Crippen LogP) is 4.49. The molecule has 2 nitrogen and oxygen atoms in total. The van der Waals surface area contributed by atoms with Crippen molar-refractivity contribution in [3.63, 3.8) is 0 Å². The first-order chi connectivity index (χ1) is 9.59. The number of hydrogen-bond donors (Lipinski definition) is 1. The van der Waals surface area contributed by atoms with Gasteiger partial charge in [0.05, 0.1) is 12.0 Å². The predicted molar refractivity (Wildman–Crippen MR) is 85.6 cm³/mol. The fourth-order valence-corrected chi connectivity index (χ4v) is 2.42. The van der Waals surface area contributed by atoms with Crippen LogP contribution in [-0.2, 0) is 0 Å². The van der Waals surface area contributed by atoms with E-state index in [0.29, 0.717) is 5.41 Å². The van der Waals surface area contributed by atoms with E-state index in [2.05, 4.69) is 32.2 Å². The summed E-state index contributed by atoms with van der Waals surface area (Å²) >= 11 is 0. The van der Waals surface area contributed by atoms with Gasteiger partial charge in [0.2, 0.25) is 0 Å². The molecule has 1 aromatic carbocycles. The molecule has 1 N–H and O–H groups in total. The highest BCUT2D eigenvalue weighted by atomic mass is 14.9. The molecule has 0 spiro atoms. The highest BCUT2D eigenvalue weighted by Crippen LogP contribution is 2.23. The summed E-state index contributed by atoms with van der Waals surface area (Å²) in [6.45, 7) is 8.56. The van der Waals surface area contributed by atoms with Crippen LogP contribution in [0.1, 0.15) is 57.9 Å². The van der Waals surface area contributed by atoms with Crippen molar-refractivity contribution in [1.82, 2.24) is 5.32 Å². The first kappa shape index (κ1) is 16.7. The molecule has 0 fully saturated rings. The van der Waals surface area contributed by atoms with Gasteiger partial charge in [0, 0.05) is 13.1 Å². The molecule has 0 bridgehead atoms. The van der Waals surface area contributed by atoms with Crippen LogP contribution in [0.25, 0.3) is 0 Å². The lowest BCUT2D eigenvalue weighted by Crippen LogP contribution is -2.32. The molecule has 0 amide bonds. The fourth-order valence-electron chi connectivity index (χ4n) is 2.42. The molecule has 1 unspecified atom stereocenters. The number of unbranched alkanes of at least 4 members (excludes halogenated alkanes) is 2. The average molecular weight is 272 g/mol. The van der Waals surface area contributed by atoms with Gasteiger partial charge in [-0.3, -0.25) is 0 Å². The van der Waals surface area contributed by atoms with E-state index in [1.807, 2.05) is 30.3 Å². The molecule has 0 saturated carbocycles. The van der Waals surface area contributed by atoms with E-state index >= 15 is 0 Å². The molecule has 0 heterocycles. The van der Waals surface area contributed by atoms with Crippen LogP contribution < -0.4 is 5.32 Å². The lowest BCUT2D eigenvalue weighted by atomic mass is 9.86. The third kappa shape index (κ3) is 6.21. The molecule has 1 aromatic rings. The number of rotatable bonds is 9. The summed E-state index contributed by atoms with van der Waals surface area (Å²) in [7, 11) is 0. The summed E-state index contributed by atoms with van der Waals surface area (Å²) in [5, 5.41) is 12.8. The van der Waals surface area contributed by atoms with Crippen LogP contribution >= 0.6 is 0 Å². The maximum absolute atomic E-state index is 9.29. The Morgan fingerprint density at radius 3 is 2.50 bits per heavy atom. The quantitative estimate of drug-likeness (QED) is 0.672. The molecule has 0 aliphatic carbocycles. The van der Waals surface area contributed by atoms with Crippen molar-refractivity contribution in [3.8, 4) is 6.07 Å². The number of nitriles is 1. The van der Waals surface area contributed by atoms with Gasteiger partial charge in [-0.05, 0) is 17.4 Å². The van der Waals surface area contributed by atoms with Gasteiger partial charge in [-0.2, -0.15) is 5.26 Å². The minimum Gasteiger partial charge on any atom is -0.315 e. The minimum atomic E-state index is -0.0531. The summed E-state index contributed by atoms with van der Waals surface area (Å²) in [6, 6.07) is 12.4. The minimum absolute atomic E-state index is 0.0531. The van der Waals surface area contributed by atoms with Gasteiger partial charge in [-0.25, -0.2) is 0 Å². The van der Waals surface area contributed by atoms with Crippen molar-refractivity contribution >= 4 is 0 Å². The van der Waals surface area contributed by atoms with E-state index in [9.17, 15) is 5.26 Å². The van der Waals surface area contributed by atoms with E-state index in [1.54, 1.807) is 0 Å². The fraction of sp³-hybridized carbons (Fsp3) is 0.611. The van der Waals surface area contributed by atoms with Gasteiger partial charge >= 0.3 is 0 Å². The lowest BCUT2D eigenvalue weighted by molar-refractivity contribution is 0.302. The average Bonchev–Trinajstić information content (AvgIpc) is 2.45. The Morgan fingerprint density at radius 2 is 1.90 bits per heavy atom. The van der Waals surface area contributed by atoms with Gasteiger partial charge in [-0.1, -0.05) is 70.4 Å². The van der Waals surface area contributed by atoms with Gasteiger partial charge in [0.1, 0.15) is 0 Å². The molecule has 2 heteroatoms. The van der Waals surface area contributed by atoms with Crippen molar-refractivity contribution in [1.29, 1.82) is 5.26 Å². The first-order valence-electron chi connectivity index (χ1n) is 7.74. The van der Waals surface area contributed by atoms with E-state index in [1.165, 1.54) is 25.7 Å². The van der Waals surface area contributed by atoms with E-state index in [0.717, 1.165) is 18.7 Å². The van der Waals surface area contributed by atoms with Crippen molar-refractivity contribution in [2.45, 2.75) is 52.4 Å². The van der Waals surface area contributed by atoms with Crippen molar-refractivity contribution < 1.29 is 0 Å². The normalized spacial score (nSPS) is 12.9. The summed E-state index contributed by atoms with van der Waals surface area (Å²) < 4.78 is 0. The molecule has 110 valence electrons. The second-order valence-corrected chi connectivity index (χ2v) is 6.34. The Labute approximate surface area is 124 Å². The Morgan fingerprint density at radius 1 is 1.20 bits per heavy atom. The molecule has 0 aromatic heterocycles. The van der Waals surface area contributed by atoms with Crippen molar-refractivity contribution in [2.75, 3.05) is 13.1 Å². The third-order valence-electron chi connectivity index (χ3n) is 3.77. The van der Waals surface area contributed by atoms with Crippen LogP contribution in [0.15, 0.2) is 30.3 Å². The summed E-state index contributed by atoms with van der Waals surface area (Å²) in [6.07, 6.45) is 5.13. The molecule has 20 heavy (non-hydrogen) atoms. The Kier molecular flexibility index (Phi) is 7.33.